The first-order chi connectivity index (χ1) is 12.7. The second-order valence-corrected chi connectivity index (χ2v) is 7.21. The van der Waals surface area contributed by atoms with E-state index in [1.54, 1.807) is 7.05 Å². The number of H-pyrrole nitrogens is 1. The summed E-state index contributed by atoms with van der Waals surface area (Å²) in [6, 6.07) is 4.89. The van der Waals surface area contributed by atoms with Crippen molar-refractivity contribution >= 4 is 16.9 Å². The van der Waals surface area contributed by atoms with Gasteiger partial charge in [-0.2, -0.15) is 0 Å². The second kappa shape index (κ2) is 9.03. The quantitative estimate of drug-likeness (QED) is 0.549. The van der Waals surface area contributed by atoms with E-state index in [0.29, 0.717) is 0 Å². The van der Waals surface area contributed by atoms with Gasteiger partial charge in [-0.05, 0) is 75.5 Å². The SMILES string of the molecule is CN=C(NCCc1c[nH]c2cc(F)ccc12)NCCC1CCN(C)CC1. The van der Waals surface area contributed by atoms with Crippen molar-refractivity contribution in [3.63, 3.8) is 0 Å². The summed E-state index contributed by atoms with van der Waals surface area (Å²) in [6.45, 7) is 4.18. The fourth-order valence-electron chi connectivity index (χ4n) is 3.65. The highest BCUT2D eigenvalue weighted by Crippen LogP contribution is 2.20. The van der Waals surface area contributed by atoms with Gasteiger partial charge in [0.2, 0.25) is 0 Å². The maximum atomic E-state index is 13.3. The van der Waals surface area contributed by atoms with Crippen LogP contribution in [-0.2, 0) is 6.42 Å². The summed E-state index contributed by atoms with van der Waals surface area (Å²) in [6.07, 6.45) is 6.61. The van der Waals surface area contributed by atoms with Gasteiger partial charge >= 0.3 is 0 Å². The second-order valence-electron chi connectivity index (χ2n) is 7.21. The number of nitrogens with one attached hydrogen (secondary N) is 3. The van der Waals surface area contributed by atoms with Crippen LogP contribution in [0.25, 0.3) is 10.9 Å². The standard InChI is InChI=1S/C20H30FN5/c1-22-20(23-9-5-15-7-11-26(2)12-8-15)24-10-6-16-14-25-19-13-17(21)3-4-18(16)19/h3-4,13-15,25H,5-12H2,1-2H3,(H2,22,23,24). The van der Waals surface area contributed by atoms with Crippen molar-refractivity contribution in [3.8, 4) is 0 Å². The Morgan fingerprint density at radius 1 is 1.27 bits per heavy atom. The van der Waals surface area contributed by atoms with Crippen molar-refractivity contribution in [1.82, 2.24) is 20.5 Å². The normalized spacial score (nSPS) is 17.0. The molecule has 0 saturated carbocycles. The van der Waals surface area contributed by atoms with Gasteiger partial charge in [-0.15, -0.1) is 0 Å². The first kappa shape index (κ1) is 18.7. The molecule has 0 amide bonds. The molecule has 0 atom stereocenters. The van der Waals surface area contributed by atoms with Crippen molar-refractivity contribution in [2.75, 3.05) is 40.3 Å². The minimum absolute atomic E-state index is 0.210. The Hall–Kier alpha value is -2.08. The molecule has 5 nitrogen and oxygen atoms in total. The fourth-order valence-corrected chi connectivity index (χ4v) is 3.65. The minimum Gasteiger partial charge on any atom is -0.361 e. The van der Waals surface area contributed by atoms with E-state index in [2.05, 4.69) is 32.6 Å². The lowest BCUT2D eigenvalue weighted by Crippen LogP contribution is -2.39. The van der Waals surface area contributed by atoms with E-state index in [4.69, 9.17) is 0 Å². The van der Waals surface area contributed by atoms with Gasteiger partial charge in [0.25, 0.3) is 0 Å². The van der Waals surface area contributed by atoms with E-state index < -0.39 is 0 Å². The summed E-state index contributed by atoms with van der Waals surface area (Å²) >= 11 is 0. The molecular formula is C20H30FN5. The molecule has 1 aromatic carbocycles. The molecule has 1 fully saturated rings. The lowest BCUT2D eigenvalue weighted by molar-refractivity contribution is 0.213. The van der Waals surface area contributed by atoms with E-state index in [0.717, 1.165) is 42.3 Å². The van der Waals surface area contributed by atoms with Crippen LogP contribution in [0.3, 0.4) is 0 Å². The third-order valence-corrected chi connectivity index (χ3v) is 5.32. The number of nitrogens with zero attached hydrogens (tertiary/aromatic N) is 2. The number of hydrogen-bond donors (Lipinski definition) is 3. The number of halogens is 1. The van der Waals surface area contributed by atoms with Crippen LogP contribution in [0.2, 0.25) is 0 Å². The van der Waals surface area contributed by atoms with Crippen molar-refractivity contribution in [1.29, 1.82) is 0 Å². The van der Waals surface area contributed by atoms with Gasteiger partial charge in [0.05, 0.1) is 0 Å². The van der Waals surface area contributed by atoms with Gasteiger partial charge in [0.1, 0.15) is 5.82 Å². The smallest absolute Gasteiger partial charge is 0.190 e. The van der Waals surface area contributed by atoms with Crippen LogP contribution in [0.15, 0.2) is 29.4 Å². The monoisotopic (exact) mass is 359 g/mol. The lowest BCUT2D eigenvalue weighted by atomic mass is 9.94. The zero-order valence-corrected chi connectivity index (χ0v) is 15.8. The number of likely N-dealkylation sites (tertiary alicyclic amines) is 1. The number of rotatable bonds is 6. The van der Waals surface area contributed by atoms with E-state index in [1.165, 1.54) is 50.0 Å². The molecule has 2 aromatic rings. The molecule has 0 spiro atoms. The Labute approximate surface area is 155 Å². The summed E-state index contributed by atoms with van der Waals surface area (Å²) in [5.41, 5.74) is 2.04. The Morgan fingerprint density at radius 2 is 2.04 bits per heavy atom. The molecule has 26 heavy (non-hydrogen) atoms. The van der Waals surface area contributed by atoms with Gasteiger partial charge in [0.15, 0.2) is 5.96 Å². The third kappa shape index (κ3) is 4.97. The average molecular weight is 359 g/mol. The average Bonchev–Trinajstić information content (AvgIpc) is 3.04. The summed E-state index contributed by atoms with van der Waals surface area (Å²) in [7, 11) is 4.00. The van der Waals surface area contributed by atoms with Crippen LogP contribution in [0.5, 0.6) is 0 Å². The Bertz CT molecular complexity index is 731. The summed E-state index contributed by atoms with van der Waals surface area (Å²) in [4.78, 5) is 9.85. The number of fused-ring (bicyclic) bond motifs is 1. The van der Waals surface area contributed by atoms with E-state index in [-0.39, 0.29) is 5.82 Å². The van der Waals surface area contributed by atoms with Gasteiger partial charge in [-0.1, -0.05) is 0 Å². The number of piperidine rings is 1. The molecule has 1 saturated heterocycles. The van der Waals surface area contributed by atoms with Crippen molar-refractivity contribution in [3.05, 3.63) is 35.8 Å². The topological polar surface area (TPSA) is 55.5 Å². The Kier molecular flexibility index (Phi) is 6.50. The number of aromatic nitrogens is 1. The van der Waals surface area contributed by atoms with Gasteiger partial charge < -0.3 is 20.5 Å². The predicted molar refractivity (Wildman–Crippen MR) is 106 cm³/mol. The van der Waals surface area contributed by atoms with E-state index >= 15 is 0 Å². The van der Waals surface area contributed by atoms with Crippen LogP contribution >= 0.6 is 0 Å². The van der Waals surface area contributed by atoms with Crippen LogP contribution in [0.1, 0.15) is 24.8 Å². The number of hydrogen-bond acceptors (Lipinski definition) is 2. The third-order valence-electron chi connectivity index (χ3n) is 5.32. The molecule has 1 aliphatic rings. The maximum Gasteiger partial charge on any atom is 0.190 e. The molecule has 0 unspecified atom stereocenters. The van der Waals surface area contributed by atoms with Crippen LogP contribution in [0.4, 0.5) is 4.39 Å². The summed E-state index contributed by atoms with van der Waals surface area (Å²) in [5.74, 6) is 1.46. The minimum atomic E-state index is -0.210. The molecule has 0 radical (unpaired) electrons. The number of aliphatic imine (C=N–C) groups is 1. The Morgan fingerprint density at radius 3 is 2.81 bits per heavy atom. The zero-order chi connectivity index (χ0) is 18.4. The van der Waals surface area contributed by atoms with Crippen molar-refractivity contribution in [2.45, 2.75) is 25.7 Å². The van der Waals surface area contributed by atoms with Crippen LogP contribution < -0.4 is 10.6 Å². The molecule has 2 heterocycles. The van der Waals surface area contributed by atoms with Crippen LogP contribution in [-0.4, -0.2) is 56.1 Å². The van der Waals surface area contributed by atoms with Gasteiger partial charge in [0, 0.05) is 37.2 Å². The van der Waals surface area contributed by atoms with E-state index in [9.17, 15) is 4.39 Å². The molecule has 3 N–H and O–H groups in total. The first-order valence-corrected chi connectivity index (χ1v) is 9.54. The molecule has 1 aliphatic heterocycles. The molecule has 0 aliphatic carbocycles. The van der Waals surface area contributed by atoms with Crippen molar-refractivity contribution in [2.24, 2.45) is 10.9 Å². The molecule has 0 bridgehead atoms. The zero-order valence-electron chi connectivity index (χ0n) is 15.8. The summed E-state index contributed by atoms with van der Waals surface area (Å²) < 4.78 is 13.3. The highest BCUT2D eigenvalue weighted by Gasteiger charge is 2.16. The molecule has 142 valence electrons. The molecule has 6 heteroatoms. The van der Waals surface area contributed by atoms with E-state index in [1.807, 2.05) is 12.3 Å². The largest absolute Gasteiger partial charge is 0.361 e. The maximum absolute atomic E-state index is 13.3. The Balaban J connectivity index is 1.40. The number of guanidine groups is 1. The highest BCUT2D eigenvalue weighted by molar-refractivity contribution is 5.83. The highest BCUT2D eigenvalue weighted by atomic mass is 19.1. The lowest BCUT2D eigenvalue weighted by Gasteiger charge is -2.29. The van der Waals surface area contributed by atoms with Crippen molar-refractivity contribution < 1.29 is 4.39 Å². The van der Waals surface area contributed by atoms with Gasteiger partial charge in [-0.25, -0.2) is 4.39 Å². The molecule has 3 rings (SSSR count). The number of benzene rings is 1. The molecular weight excluding hydrogens is 329 g/mol. The van der Waals surface area contributed by atoms with Crippen LogP contribution in [0, 0.1) is 11.7 Å². The number of aromatic amines is 1. The fraction of sp³-hybridized carbons (Fsp3) is 0.550. The molecule has 1 aromatic heterocycles. The predicted octanol–water partition coefficient (Wildman–Crippen LogP) is 2.75. The first-order valence-electron chi connectivity index (χ1n) is 9.54. The van der Waals surface area contributed by atoms with Gasteiger partial charge in [-0.3, -0.25) is 4.99 Å². The summed E-state index contributed by atoms with van der Waals surface area (Å²) in [5, 5.41) is 7.87.